The molecule has 1 amide bonds. The Labute approximate surface area is 178 Å². The van der Waals surface area contributed by atoms with Crippen LogP contribution >= 0.6 is 0 Å². The van der Waals surface area contributed by atoms with Gasteiger partial charge in [0.1, 0.15) is 17.2 Å². The van der Waals surface area contributed by atoms with Crippen LogP contribution in [0.1, 0.15) is 41.1 Å². The maximum atomic E-state index is 13.5. The minimum atomic E-state index is -0.663. The molecule has 0 spiro atoms. The zero-order valence-corrected chi connectivity index (χ0v) is 16.9. The van der Waals surface area contributed by atoms with E-state index >= 15 is 0 Å². The van der Waals surface area contributed by atoms with E-state index in [9.17, 15) is 9.59 Å². The molecule has 0 saturated heterocycles. The van der Waals surface area contributed by atoms with Crippen LogP contribution in [0.2, 0.25) is 0 Å². The monoisotopic (exact) mass is 412 g/mol. The molecule has 1 aliphatic heterocycles. The number of aromatic nitrogens is 1. The van der Waals surface area contributed by atoms with Crippen LogP contribution in [0.15, 0.2) is 82.1 Å². The highest BCUT2D eigenvalue weighted by Crippen LogP contribution is 2.41. The molecular weight excluding hydrogens is 392 g/mol. The second-order valence-electron chi connectivity index (χ2n) is 7.36. The summed E-state index contributed by atoms with van der Waals surface area (Å²) in [6, 6.07) is 19.1. The number of ether oxygens (including phenoxy) is 1. The quantitative estimate of drug-likeness (QED) is 0.474. The number of amides is 1. The third-order valence-corrected chi connectivity index (χ3v) is 5.32. The predicted octanol–water partition coefficient (Wildman–Crippen LogP) is 4.73. The van der Waals surface area contributed by atoms with Crippen molar-refractivity contribution in [1.29, 1.82) is 0 Å². The average Bonchev–Trinajstić information content (AvgIpc) is 3.11. The third-order valence-electron chi connectivity index (χ3n) is 5.32. The summed E-state index contributed by atoms with van der Waals surface area (Å²) in [5, 5.41) is 0.445. The summed E-state index contributed by atoms with van der Waals surface area (Å²) in [5.41, 5.74) is 1.26. The number of nitrogens with zero attached hydrogens (tertiary/aromatic N) is 2. The number of rotatable bonds is 5. The number of pyridine rings is 1. The molecule has 0 aliphatic carbocycles. The van der Waals surface area contributed by atoms with Gasteiger partial charge in [0, 0.05) is 6.20 Å². The van der Waals surface area contributed by atoms with Gasteiger partial charge in [0.2, 0.25) is 5.76 Å². The van der Waals surface area contributed by atoms with E-state index in [4.69, 9.17) is 9.15 Å². The molecule has 2 aromatic heterocycles. The van der Waals surface area contributed by atoms with Crippen molar-refractivity contribution in [2.75, 3.05) is 11.5 Å². The standard InChI is InChI=1S/C25H20N2O4/c1-2-14-30-17-9-7-8-16(15-17)22-21-23(28)18-10-3-4-11-19(18)31-24(21)25(29)27(22)20-12-5-6-13-26-20/h3-13,15,22H,2,14H2,1H3/t22-/m0/s1. The van der Waals surface area contributed by atoms with E-state index in [2.05, 4.69) is 4.98 Å². The van der Waals surface area contributed by atoms with Gasteiger partial charge in [0.05, 0.1) is 23.6 Å². The Morgan fingerprint density at radius 1 is 1.03 bits per heavy atom. The highest BCUT2D eigenvalue weighted by Gasteiger charge is 2.44. The van der Waals surface area contributed by atoms with E-state index in [1.165, 1.54) is 4.90 Å². The molecule has 6 heteroatoms. The highest BCUT2D eigenvalue weighted by atomic mass is 16.5. The van der Waals surface area contributed by atoms with Crippen molar-refractivity contribution in [1.82, 2.24) is 4.98 Å². The molecule has 0 radical (unpaired) electrons. The lowest BCUT2D eigenvalue weighted by Gasteiger charge is -2.24. The van der Waals surface area contributed by atoms with Crippen LogP contribution in [0.3, 0.4) is 0 Å². The molecule has 0 fully saturated rings. The molecule has 4 aromatic rings. The van der Waals surface area contributed by atoms with Crippen molar-refractivity contribution >= 4 is 22.7 Å². The van der Waals surface area contributed by atoms with Gasteiger partial charge in [0.15, 0.2) is 5.43 Å². The first-order valence-electron chi connectivity index (χ1n) is 10.2. The molecule has 0 N–H and O–H groups in total. The number of para-hydroxylation sites is 1. The van der Waals surface area contributed by atoms with Crippen LogP contribution in [0.4, 0.5) is 5.82 Å². The first-order valence-corrected chi connectivity index (χ1v) is 10.2. The Kier molecular flexibility index (Phi) is 4.75. The summed E-state index contributed by atoms with van der Waals surface area (Å²) in [6.07, 6.45) is 2.50. The highest BCUT2D eigenvalue weighted by molar-refractivity contribution is 6.10. The number of anilines is 1. The maximum Gasteiger partial charge on any atom is 0.296 e. The van der Waals surface area contributed by atoms with Gasteiger partial charge in [-0.25, -0.2) is 4.98 Å². The van der Waals surface area contributed by atoms with Crippen LogP contribution in [-0.2, 0) is 0 Å². The molecule has 1 atom stereocenters. The van der Waals surface area contributed by atoms with Gasteiger partial charge in [-0.2, -0.15) is 0 Å². The van der Waals surface area contributed by atoms with Crippen molar-refractivity contribution in [3.8, 4) is 5.75 Å². The largest absolute Gasteiger partial charge is 0.494 e. The molecule has 0 unspecified atom stereocenters. The number of carbonyl (C=O) groups is 1. The molecule has 31 heavy (non-hydrogen) atoms. The fraction of sp³-hybridized carbons (Fsp3) is 0.160. The lowest BCUT2D eigenvalue weighted by molar-refractivity contribution is 0.0970. The van der Waals surface area contributed by atoms with Crippen molar-refractivity contribution in [2.24, 2.45) is 0 Å². The Balaban J connectivity index is 1.75. The van der Waals surface area contributed by atoms with E-state index in [0.717, 1.165) is 12.0 Å². The zero-order valence-electron chi connectivity index (χ0n) is 16.9. The molecule has 154 valence electrons. The van der Waals surface area contributed by atoms with Crippen molar-refractivity contribution in [2.45, 2.75) is 19.4 Å². The summed E-state index contributed by atoms with van der Waals surface area (Å²) in [5.74, 6) is 0.805. The van der Waals surface area contributed by atoms with Crippen molar-refractivity contribution < 1.29 is 13.9 Å². The maximum absolute atomic E-state index is 13.5. The summed E-state index contributed by atoms with van der Waals surface area (Å²) >= 11 is 0. The number of fused-ring (bicyclic) bond motifs is 2. The molecule has 5 rings (SSSR count). The van der Waals surface area contributed by atoms with Crippen molar-refractivity contribution in [3.05, 3.63) is 100 Å². The lowest BCUT2D eigenvalue weighted by Crippen LogP contribution is -2.30. The van der Waals surface area contributed by atoms with E-state index in [1.54, 1.807) is 42.6 Å². The first kappa shape index (κ1) is 19.1. The molecule has 3 heterocycles. The number of hydrogen-bond acceptors (Lipinski definition) is 5. The lowest BCUT2D eigenvalue weighted by atomic mass is 9.98. The van der Waals surface area contributed by atoms with Crippen LogP contribution < -0.4 is 15.1 Å². The number of benzene rings is 2. The summed E-state index contributed by atoms with van der Waals surface area (Å²) in [4.78, 5) is 32.8. The minimum absolute atomic E-state index is 0.0548. The number of hydrogen-bond donors (Lipinski definition) is 0. The first-order chi connectivity index (χ1) is 15.2. The summed E-state index contributed by atoms with van der Waals surface area (Å²) < 4.78 is 11.7. The summed E-state index contributed by atoms with van der Waals surface area (Å²) in [7, 11) is 0. The van der Waals surface area contributed by atoms with Gasteiger partial charge in [-0.15, -0.1) is 0 Å². The SMILES string of the molecule is CCCOc1cccc([C@H]2c3c(oc4ccccc4c3=O)C(=O)N2c2ccccn2)c1. The van der Waals surface area contributed by atoms with Gasteiger partial charge < -0.3 is 9.15 Å². The Hall–Kier alpha value is -3.93. The Bertz CT molecular complexity index is 1330. The van der Waals surface area contributed by atoms with Crippen molar-refractivity contribution in [3.63, 3.8) is 0 Å². The Morgan fingerprint density at radius 2 is 1.87 bits per heavy atom. The average molecular weight is 412 g/mol. The second kappa shape index (κ2) is 7.72. The van der Waals surface area contributed by atoms with Crippen LogP contribution in [-0.4, -0.2) is 17.5 Å². The minimum Gasteiger partial charge on any atom is -0.494 e. The van der Waals surface area contributed by atoms with E-state index < -0.39 is 6.04 Å². The van der Waals surface area contributed by atoms with E-state index in [0.29, 0.717) is 34.7 Å². The molecule has 6 nitrogen and oxygen atoms in total. The van der Waals surface area contributed by atoms with Gasteiger partial charge >= 0.3 is 0 Å². The normalized spacial score (nSPS) is 15.3. The third kappa shape index (κ3) is 3.17. The fourth-order valence-corrected chi connectivity index (χ4v) is 3.96. The fourth-order valence-electron chi connectivity index (χ4n) is 3.96. The Morgan fingerprint density at radius 3 is 2.68 bits per heavy atom. The summed E-state index contributed by atoms with van der Waals surface area (Å²) in [6.45, 7) is 2.62. The molecule has 0 bridgehead atoms. The van der Waals surface area contributed by atoms with Crippen LogP contribution in [0.5, 0.6) is 5.75 Å². The topological polar surface area (TPSA) is 72.6 Å². The molecular formula is C25H20N2O4. The predicted molar refractivity (Wildman–Crippen MR) is 118 cm³/mol. The van der Waals surface area contributed by atoms with Gasteiger partial charge in [-0.05, 0) is 48.4 Å². The molecule has 0 saturated carbocycles. The van der Waals surface area contributed by atoms with Gasteiger partial charge in [0.25, 0.3) is 5.91 Å². The van der Waals surface area contributed by atoms with Crippen LogP contribution in [0.25, 0.3) is 11.0 Å². The molecule has 1 aliphatic rings. The van der Waals surface area contributed by atoms with E-state index in [1.807, 2.05) is 37.3 Å². The van der Waals surface area contributed by atoms with Gasteiger partial charge in [-0.3, -0.25) is 14.5 Å². The van der Waals surface area contributed by atoms with Crippen LogP contribution in [0, 0.1) is 0 Å². The zero-order chi connectivity index (χ0) is 21.4. The second-order valence-corrected chi connectivity index (χ2v) is 7.36. The smallest absolute Gasteiger partial charge is 0.296 e. The number of carbonyl (C=O) groups excluding carboxylic acids is 1. The van der Waals surface area contributed by atoms with E-state index in [-0.39, 0.29) is 17.1 Å². The molecule has 2 aromatic carbocycles. The van der Waals surface area contributed by atoms with Gasteiger partial charge in [-0.1, -0.05) is 37.3 Å².